The normalized spacial score (nSPS) is 11.6. The van der Waals surface area contributed by atoms with Gasteiger partial charge >= 0.3 is 0 Å². The molecule has 0 aliphatic heterocycles. The standard InChI is InChI=1S/C14H21ClN2O2/c1-4-14(5-2,6-3)16-10-11-7-8-12(15)9-13(11)17(18)19/h7-9,16H,4-6,10H2,1-3H3. The second-order valence-electron chi connectivity index (χ2n) is 4.72. The van der Waals surface area contributed by atoms with Crippen LogP contribution < -0.4 is 5.32 Å². The summed E-state index contributed by atoms with van der Waals surface area (Å²) in [6.07, 6.45) is 3.00. The quantitative estimate of drug-likeness (QED) is 0.600. The number of nitrogens with zero attached hydrogens (tertiary/aromatic N) is 1. The van der Waals surface area contributed by atoms with E-state index in [2.05, 4.69) is 26.1 Å². The number of hydrogen-bond donors (Lipinski definition) is 1. The Labute approximate surface area is 119 Å². The van der Waals surface area contributed by atoms with Gasteiger partial charge in [-0.2, -0.15) is 0 Å². The van der Waals surface area contributed by atoms with Crippen molar-refractivity contribution in [2.75, 3.05) is 0 Å². The first-order chi connectivity index (χ1) is 8.98. The molecule has 0 aromatic heterocycles. The lowest BCUT2D eigenvalue weighted by molar-refractivity contribution is -0.385. The molecule has 0 fully saturated rings. The molecule has 0 heterocycles. The molecule has 106 valence electrons. The third-order valence-corrected chi connectivity index (χ3v) is 4.16. The molecule has 4 nitrogen and oxygen atoms in total. The Morgan fingerprint density at radius 1 is 1.26 bits per heavy atom. The topological polar surface area (TPSA) is 55.2 Å². The molecule has 0 spiro atoms. The van der Waals surface area contributed by atoms with Crippen molar-refractivity contribution in [1.29, 1.82) is 0 Å². The molecule has 0 amide bonds. The highest BCUT2D eigenvalue weighted by Crippen LogP contribution is 2.25. The van der Waals surface area contributed by atoms with Gasteiger partial charge in [0.05, 0.1) is 4.92 Å². The average molecular weight is 285 g/mol. The predicted octanol–water partition coefficient (Wildman–Crippen LogP) is 4.31. The molecule has 0 aliphatic rings. The van der Waals surface area contributed by atoms with Gasteiger partial charge in [-0.25, -0.2) is 0 Å². The van der Waals surface area contributed by atoms with E-state index in [0.29, 0.717) is 17.1 Å². The van der Waals surface area contributed by atoms with E-state index in [0.717, 1.165) is 19.3 Å². The molecule has 1 aromatic carbocycles. The summed E-state index contributed by atoms with van der Waals surface area (Å²) in [6.45, 7) is 6.89. The molecule has 0 saturated heterocycles. The van der Waals surface area contributed by atoms with Crippen LogP contribution in [0.25, 0.3) is 0 Å². The zero-order valence-electron chi connectivity index (χ0n) is 11.7. The summed E-state index contributed by atoms with van der Waals surface area (Å²) in [5.41, 5.74) is 0.805. The number of halogens is 1. The molecule has 0 unspecified atom stereocenters. The van der Waals surface area contributed by atoms with Crippen molar-refractivity contribution in [3.63, 3.8) is 0 Å². The Hall–Kier alpha value is -1.13. The Bertz CT molecular complexity index is 437. The first-order valence-corrected chi connectivity index (χ1v) is 7.03. The van der Waals surface area contributed by atoms with Gasteiger partial charge in [0, 0.05) is 28.7 Å². The zero-order valence-corrected chi connectivity index (χ0v) is 12.5. The van der Waals surface area contributed by atoms with Gasteiger partial charge in [-0.05, 0) is 31.4 Å². The molecule has 0 radical (unpaired) electrons. The molecule has 1 rings (SSSR count). The summed E-state index contributed by atoms with van der Waals surface area (Å²) >= 11 is 5.81. The molecule has 1 N–H and O–H groups in total. The summed E-state index contributed by atoms with van der Waals surface area (Å²) in [6, 6.07) is 4.82. The first kappa shape index (κ1) is 15.9. The van der Waals surface area contributed by atoms with Gasteiger partial charge in [-0.1, -0.05) is 32.4 Å². The second kappa shape index (κ2) is 6.87. The van der Waals surface area contributed by atoms with Crippen molar-refractivity contribution in [3.8, 4) is 0 Å². The van der Waals surface area contributed by atoms with Crippen molar-refractivity contribution in [2.24, 2.45) is 0 Å². The maximum Gasteiger partial charge on any atom is 0.275 e. The zero-order chi connectivity index (χ0) is 14.5. The van der Waals surface area contributed by atoms with Gasteiger partial charge in [0.25, 0.3) is 5.69 Å². The maximum absolute atomic E-state index is 11.0. The van der Waals surface area contributed by atoms with Crippen LogP contribution in [0.15, 0.2) is 18.2 Å². The van der Waals surface area contributed by atoms with E-state index in [1.54, 1.807) is 12.1 Å². The third kappa shape index (κ3) is 3.91. The highest BCUT2D eigenvalue weighted by Gasteiger charge is 2.24. The number of rotatable bonds is 7. The van der Waals surface area contributed by atoms with E-state index in [1.165, 1.54) is 6.07 Å². The molecule has 1 aromatic rings. The van der Waals surface area contributed by atoms with E-state index >= 15 is 0 Å². The van der Waals surface area contributed by atoms with E-state index in [1.807, 2.05) is 0 Å². The van der Waals surface area contributed by atoms with Crippen molar-refractivity contribution in [3.05, 3.63) is 38.9 Å². The molecular weight excluding hydrogens is 264 g/mol. The predicted molar refractivity (Wildman–Crippen MR) is 78.6 cm³/mol. The van der Waals surface area contributed by atoms with Crippen molar-refractivity contribution >= 4 is 17.3 Å². The molecule has 19 heavy (non-hydrogen) atoms. The first-order valence-electron chi connectivity index (χ1n) is 6.65. The van der Waals surface area contributed by atoms with Gasteiger partial charge in [0.1, 0.15) is 0 Å². The van der Waals surface area contributed by atoms with Crippen LogP contribution in [0.1, 0.15) is 45.6 Å². The SMILES string of the molecule is CCC(CC)(CC)NCc1ccc(Cl)cc1[N+](=O)[O-]. The fourth-order valence-corrected chi connectivity index (χ4v) is 2.43. The maximum atomic E-state index is 11.0. The van der Waals surface area contributed by atoms with Crippen molar-refractivity contribution in [2.45, 2.75) is 52.1 Å². The van der Waals surface area contributed by atoms with Crippen molar-refractivity contribution < 1.29 is 4.92 Å². The number of nitro benzene ring substituents is 1. The molecule has 0 saturated carbocycles. The summed E-state index contributed by atoms with van der Waals surface area (Å²) < 4.78 is 0. The molecular formula is C14H21ClN2O2. The number of hydrogen-bond acceptors (Lipinski definition) is 3. The highest BCUT2D eigenvalue weighted by molar-refractivity contribution is 6.30. The van der Waals surface area contributed by atoms with Crippen LogP contribution in [-0.2, 0) is 6.54 Å². The Kier molecular flexibility index (Phi) is 5.76. The second-order valence-corrected chi connectivity index (χ2v) is 5.16. The van der Waals surface area contributed by atoms with Gasteiger partial charge in [-0.15, -0.1) is 0 Å². The van der Waals surface area contributed by atoms with Crippen LogP contribution in [0.4, 0.5) is 5.69 Å². The van der Waals surface area contributed by atoms with Crippen molar-refractivity contribution in [1.82, 2.24) is 5.32 Å². The summed E-state index contributed by atoms with van der Waals surface area (Å²) in [5, 5.41) is 14.9. The Balaban J connectivity index is 2.91. The van der Waals surface area contributed by atoms with Crippen LogP contribution in [-0.4, -0.2) is 10.5 Å². The molecule has 0 bridgehead atoms. The van der Waals surface area contributed by atoms with E-state index in [-0.39, 0.29) is 16.1 Å². The number of benzene rings is 1. The van der Waals surface area contributed by atoms with Gasteiger partial charge < -0.3 is 5.32 Å². The average Bonchev–Trinajstić information content (AvgIpc) is 2.42. The minimum Gasteiger partial charge on any atom is -0.307 e. The third-order valence-electron chi connectivity index (χ3n) is 3.93. The summed E-state index contributed by atoms with van der Waals surface area (Å²) in [7, 11) is 0. The van der Waals surface area contributed by atoms with E-state index in [4.69, 9.17) is 11.6 Å². The van der Waals surface area contributed by atoms with Gasteiger partial charge in [0.2, 0.25) is 0 Å². The van der Waals surface area contributed by atoms with Crippen LogP contribution in [0.5, 0.6) is 0 Å². The monoisotopic (exact) mass is 284 g/mol. The lowest BCUT2D eigenvalue weighted by Crippen LogP contribution is -2.43. The van der Waals surface area contributed by atoms with Crippen LogP contribution in [0, 0.1) is 10.1 Å². The molecule has 0 atom stereocenters. The number of nitro groups is 1. The smallest absolute Gasteiger partial charge is 0.275 e. The minimum atomic E-state index is -0.381. The summed E-state index contributed by atoms with van der Waals surface area (Å²) in [4.78, 5) is 10.6. The fourth-order valence-electron chi connectivity index (χ4n) is 2.26. The Morgan fingerprint density at radius 3 is 2.32 bits per heavy atom. The Morgan fingerprint density at radius 2 is 1.84 bits per heavy atom. The van der Waals surface area contributed by atoms with Gasteiger partial charge in [0.15, 0.2) is 0 Å². The highest BCUT2D eigenvalue weighted by atomic mass is 35.5. The van der Waals surface area contributed by atoms with Gasteiger partial charge in [-0.3, -0.25) is 10.1 Å². The summed E-state index contributed by atoms with van der Waals surface area (Å²) in [5.74, 6) is 0. The van der Waals surface area contributed by atoms with Crippen LogP contribution >= 0.6 is 11.6 Å². The lowest BCUT2D eigenvalue weighted by atomic mass is 9.89. The van der Waals surface area contributed by atoms with E-state index in [9.17, 15) is 10.1 Å². The van der Waals surface area contributed by atoms with Crippen LogP contribution in [0.3, 0.4) is 0 Å². The van der Waals surface area contributed by atoms with E-state index < -0.39 is 0 Å². The molecule has 0 aliphatic carbocycles. The number of nitrogens with one attached hydrogen (secondary N) is 1. The van der Waals surface area contributed by atoms with Crippen LogP contribution in [0.2, 0.25) is 5.02 Å². The minimum absolute atomic E-state index is 0.0491. The fraction of sp³-hybridized carbons (Fsp3) is 0.571. The largest absolute Gasteiger partial charge is 0.307 e. The lowest BCUT2D eigenvalue weighted by Gasteiger charge is -2.32. The molecule has 5 heteroatoms.